The van der Waals surface area contributed by atoms with Gasteiger partial charge >= 0.3 is 6.03 Å². The molecule has 0 aromatic heterocycles. The van der Waals surface area contributed by atoms with Crippen LogP contribution >= 0.6 is 11.8 Å². The average Bonchev–Trinajstić information content (AvgIpc) is 1.90. The van der Waals surface area contributed by atoms with Crippen molar-refractivity contribution in [3.05, 3.63) is 0 Å². The van der Waals surface area contributed by atoms with Crippen LogP contribution in [0.15, 0.2) is 0 Å². The zero-order valence-corrected chi connectivity index (χ0v) is 5.99. The summed E-state index contributed by atoms with van der Waals surface area (Å²) < 4.78 is 0. The minimum atomic E-state index is -0.282. The van der Waals surface area contributed by atoms with Gasteiger partial charge in [-0.25, -0.2) is 4.79 Å². The van der Waals surface area contributed by atoms with Crippen molar-refractivity contribution in [2.45, 2.75) is 0 Å². The number of urea groups is 1. The van der Waals surface area contributed by atoms with E-state index in [1.165, 1.54) is 0 Å². The standard InChI is InChI=1S/C5H10N2OS/c6-5(8)7-1-3-9-4-2-7/h1-4H2,(H2,6,8). The summed E-state index contributed by atoms with van der Waals surface area (Å²) in [6, 6.07) is -0.282. The van der Waals surface area contributed by atoms with Crippen LogP contribution in [0.4, 0.5) is 4.79 Å². The monoisotopic (exact) mass is 146 g/mol. The first-order valence-corrected chi connectivity index (χ1v) is 4.08. The van der Waals surface area contributed by atoms with Crippen LogP contribution in [0.2, 0.25) is 0 Å². The zero-order chi connectivity index (χ0) is 6.69. The third-order valence-corrected chi connectivity index (χ3v) is 2.27. The van der Waals surface area contributed by atoms with Crippen LogP contribution in [0.3, 0.4) is 0 Å². The fourth-order valence-electron chi connectivity index (χ4n) is 0.784. The number of nitrogens with two attached hydrogens (primary N) is 1. The molecule has 2 N–H and O–H groups in total. The van der Waals surface area contributed by atoms with Gasteiger partial charge in [0.25, 0.3) is 0 Å². The average molecular weight is 146 g/mol. The summed E-state index contributed by atoms with van der Waals surface area (Å²) in [4.78, 5) is 12.2. The van der Waals surface area contributed by atoms with Crippen molar-refractivity contribution in [3.63, 3.8) is 0 Å². The highest BCUT2D eigenvalue weighted by molar-refractivity contribution is 7.99. The summed E-state index contributed by atoms with van der Waals surface area (Å²) in [5.41, 5.74) is 5.04. The third kappa shape index (κ3) is 1.78. The number of hydrogen-bond acceptors (Lipinski definition) is 2. The van der Waals surface area contributed by atoms with Crippen LogP contribution in [0.5, 0.6) is 0 Å². The number of thioether (sulfide) groups is 1. The minimum Gasteiger partial charge on any atom is -0.351 e. The van der Waals surface area contributed by atoms with Crippen molar-refractivity contribution < 1.29 is 4.79 Å². The van der Waals surface area contributed by atoms with E-state index in [0.717, 1.165) is 24.6 Å². The summed E-state index contributed by atoms with van der Waals surface area (Å²) in [6.07, 6.45) is 0. The number of primary amides is 1. The van der Waals surface area contributed by atoms with Crippen LogP contribution in [0.25, 0.3) is 0 Å². The highest BCUT2D eigenvalue weighted by Crippen LogP contribution is 2.07. The number of carbonyl (C=O) groups is 1. The number of hydrogen-bond donors (Lipinski definition) is 1. The Morgan fingerprint density at radius 2 is 2.00 bits per heavy atom. The molecule has 0 bridgehead atoms. The van der Waals surface area contributed by atoms with Crippen LogP contribution in [-0.2, 0) is 0 Å². The number of nitrogens with zero attached hydrogens (tertiary/aromatic N) is 1. The van der Waals surface area contributed by atoms with Gasteiger partial charge in [-0.15, -0.1) is 0 Å². The van der Waals surface area contributed by atoms with Gasteiger partial charge < -0.3 is 10.6 Å². The fraction of sp³-hybridized carbons (Fsp3) is 0.800. The van der Waals surface area contributed by atoms with Gasteiger partial charge in [-0.3, -0.25) is 0 Å². The summed E-state index contributed by atoms with van der Waals surface area (Å²) in [5.74, 6) is 2.06. The predicted molar refractivity (Wildman–Crippen MR) is 38.5 cm³/mol. The minimum absolute atomic E-state index is 0.282. The highest BCUT2D eigenvalue weighted by atomic mass is 32.2. The molecule has 3 nitrogen and oxygen atoms in total. The Hall–Kier alpha value is -0.380. The van der Waals surface area contributed by atoms with E-state index in [9.17, 15) is 4.79 Å². The van der Waals surface area contributed by atoms with Crippen molar-refractivity contribution in [1.29, 1.82) is 0 Å². The summed E-state index contributed by atoms with van der Waals surface area (Å²) in [7, 11) is 0. The molecule has 0 saturated carbocycles. The molecule has 0 unspecified atom stereocenters. The summed E-state index contributed by atoms with van der Waals surface area (Å²) >= 11 is 1.87. The molecule has 0 aliphatic carbocycles. The molecular formula is C5H10N2OS. The van der Waals surface area contributed by atoms with Gasteiger partial charge in [0.15, 0.2) is 0 Å². The van der Waals surface area contributed by atoms with Crippen LogP contribution < -0.4 is 5.73 Å². The van der Waals surface area contributed by atoms with E-state index in [1.54, 1.807) is 4.90 Å². The molecule has 1 rings (SSSR count). The Balaban J connectivity index is 2.31. The van der Waals surface area contributed by atoms with Crippen molar-refractivity contribution >= 4 is 17.8 Å². The molecule has 0 aromatic rings. The lowest BCUT2D eigenvalue weighted by atomic mass is 10.5. The van der Waals surface area contributed by atoms with E-state index >= 15 is 0 Å². The molecule has 1 saturated heterocycles. The Morgan fingerprint density at radius 3 is 2.33 bits per heavy atom. The number of amides is 2. The molecule has 2 amide bonds. The lowest BCUT2D eigenvalue weighted by Crippen LogP contribution is -2.41. The first-order valence-electron chi connectivity index (χ1n) is 2.93. The van der Waals surface area contributed by atoms with E-state index in [2.05, 4.69) is 0 Å². The molecule has 52 valence electrons. The van der Waals surface area contributed by atoms with E-state index < -0.39 is 0 Å². The van der Waals surface area contributed by atoms with E-state index in [0.29, 0.717) is 0 Å². The molecule has 9 heavy (non-hydrogen) atoms. The first-order chi connectivity index (χ1) is 4.30. The highest BCUT2D eigenvalue weighted by Gasteiger charge is 2.12. The topological polar surface area (TPSA) is 46.3 Å². The van der Waals surface area contributed by atoms with Crippen LogP contribution in [0, 0.1) is 0 Å². The van der Waals surface area contributed by atoms with Crippen molar-refractivity contribution in [2.75, 3.05) is 24.6 Å². The van der Waals surface area contributed by atoms with Gasteiger partial charge in [-0.05, 0) is 0 Å². The lowest BCUT2D eigenvalue weighted by molar-refractivity contribution is 0.213. The van der Waals surface area contributed by atoms with Gasteiger partial charge in [0, 0.05) is 24.6 Å². The van der Waals surface area contributed by atoms with Gasteiger partial charge in [0.05, 0.1) is 0 Å². The smallest absolute Gasteiger partial charge is 0.314 e. The van der Waals surface area contributed by atoms with E-state index in [1.807, 2.05) is 11.8 Å². The SMILES string of the molecule is NC(=O)N1CCSCC1. The molecule has 1 aliphatic heterocycles. The molecule has 0 atom stereocenters. The molecule has 0 radical (unpaired) electrons. The molecule has 4 heteroatoms. The second kappa shape index (κ2) is 2.96. The zero-order valence-electron chi connectivity index (χ0n) is 5.17. The van der Waals surface area contributed by atoms with Gasteiger partial charge in [-0.1, -0.05) is 0 Å². The second-order valence-corrected chi connectivity index (χ2v) is 3.16. The van der Waals surface area contributed by atoms with Gasteiger partial charge in [-0.2, -0.15) is 11.8 Å². The van der Waals surface area contributed by atoms with Crippen molar-refractivity contribution in [3.8, 4) is 0 Å². The largest absolute Gasteiger partial charge is 0.351 e. The predicted octanol–water partition coefficient (Wildman–Crippen LogP) is 0.114. The van der Waals surface area contributed by atoms with E-state index in [-0.39, 0.29) is 6.03 Å². The maximum Gasteiger partial charge on any atom is 0.314 e. The molecule has 0 aromatic carbocycles. The fourth-order valence-corrected chi connectivity index (χ4v) is 1.69. The lowest BCUT2D eigenvalue weighted by Gasteiger charge is -2.23. The quantitative estimate of drug-likeness (QED) is 0.527. The normalized spacial score (nSPS) is 19.8. The third-order valence-electron chi connectivity index (χ3n) is 1.32. The van der Waals surface area contributed by atoms with Gasteiger partial charge in [0.2, 0.25) is 0 Å². The van der Waals surface area contributed by atoms with Gasteiger partial charge in [0.1, 0.15) is 0 Å². The first kappa shape index (κ1) is 6.74. The Kier molecular flexibility index (Phi) is 2.22. The maximum atomic E-state index is 10.5. The summed E-state index contributed by atoms with van der Waals surface area (Å²) in [5, 5.41) is 0. The number of carbonyl (C=O) groups excluding carboxylic acids is 1. The summed E-state index contributed by atoms with van der Waals surface area (Å²) in [6.45, 7) is 1.64. The molecule has 1 heterocycles. The second-order valence-electron chi connectivity index (χ2n) is 1.94. The Morgan fingerprint density at radius 1 is 1.44 bits per heavy atom. The molecule has 0 spiro atoms. The molecular weight excluding hydrogens is 136 g/mol. The molecule has 1 fully saturated rings. The Labute approximate surface area is 58.6 Å². The maximum absolute atomic E-state index is 10.5. The van der Waals surface area contributed by atoms with Crippen molar-refractivity contribution in [2.24, 2.45) is 5.73 Å². The van der Waals surface area contributed by atoms with E-state index in [4.69, 9.17) is 5.73 Å². The number of rotatable bonds is 0. The van der Waals surface area contributed by atoms with Crippen LogP contribution in [-0.4, -0.2) is 35.5 Å². The molecule has 1 aliphatic rings. The Bertz CT molecular complexity index is 112. The van der Waals surface area contributed by atoms with Crippen LogP contribution in [0.1, 0.15) is 0 Å². The van der Waals surface area contributed by atoms with Crippen molar-refractivity contribution in [1.82, 2.24) is 4.90 Å².